The third kappa shape index (κ3) is 2.31. The highest BCUT2D eigenvalue weighted by atomic mass is 35.5. The van der Waals surface area contributed by atoms with Gasteiger partial charge in [-0.3, -0.25) is 4.79 Å². The van der Waals surface area contributed by atoms with E-state index in [2.05, 4.69) is 0 Å². The molecule has 1 aromatic carbocycles. The van der Waals surface area contributed by atoms with Crippen molar-refractivity contribution in [3.8, 4) is 5.75 Å². The molecule has 0 aliphatic heterocycles. The van der Waals surface area contributed by atoms with Crippen molar-refractivity contribution in [3.63, 3.8) is 0 Å². The molecule has 1 unspecified atom stereocenters. The molecule has 0 saturated carbocycles. The Kier molecular flexibility index (Phi) is 4.17. The predicted octanol–water partition coefficient (Wildman–Crippen LogP) is 2.80. The summed E-state index contributed by atoms with van der Waals surface area (Å²) in [4.78, 5) is 12.1. The Bertz CT molecular complexity index is 467. The summed E-state index contributed by atoms with van der Waals surface area (Å²) in [5.41, 5.74) is 8.69. The summed E-state index contributed by atoms with van der Waals surface area (Å²) in [6, 6.07) is -0.569. The second kappa shape index (κ2) is 5.07. The highest BCUT2D eigenvalue weighted by molar-refractivity contribution is 6.33. The van der Waals surface area contributed by atoms with E-state index in [1.165, 1.54) is 0 Å². The Morgan fingerprint density at radius 3 is 2.18 bits per heavy atom. The highest BCUT2D eigenvalue weighted by Gasteiger charge is 2.24. The molecule has 94 valence electrons. The van der Waals surface area contributed by atoms with Crippen molar-refractivity contribution in [2.45, 2.75) is 33.7 Å². The fourth-order valence-electron chi connectivity index (χ4n) is 1.86. The molecule has 0 radical (unpaired) electrons. The van der Waals surface area contributed by atoms with Gasteiger partial charge in [0.15, 0.2) is 5.78 Å². The Balaban J connectivity index is 3.64. The van der Waals surface area contributed by atoms with Crippen molar-refractivity contribution < 1.29 is 9.53 Å². The average molecular weight is 256 g/mol. The van der Waals surface area contributed by atoms with Gasteiger partial charge in [-0.1, -0.05) is 11.6 Å². The van der Waals surface area contributed by atoms with E-state index in [-0.39, 0.29) is 5.78 Å². The number of methoxy groups -OCH3 is 1. The summed E-state index contributed by atoms with van der Waals surface area (Å²) in [6.07, 6.45) is 0. The zero-order chi connectivity index (χ0) is 13.3. The van der Waals surface area contributed by atoms with Crippen molar-refractivity contribution in [2.75, 3.05) is 7.11 Å². The number of carbonyl (C=O) groups is 1. The smallest absolute Gasteiger partial charge is 0.183 e. The van der Waals surface area contributed by atoms with E-state index < -0.39 is 6.04 Å². The van der Waals surface area contributed by atoms with Crippen molar-refractivity contribution >= 4 is 17.4 Å². The topological polar surface area (TPSA) is 52.3 Å². The zero-order valence-electron chi connectivity index (χ0n) is 10.8. The molecule has 4 heteroatoms. The summed E-state index contributed by atoms with van der Waals surface area (Å²) in [5.74, 6) is 0.427. The van der Waals surface area contributed by atoms with Crippen LogP contribution in [0, 0.1) is 20.8 Å². The van der Waals surface area contributed by atoms with Crippen LogP contribution in [0.1, 0.15) is 34.0 Å². The minimum Gasteiger partial charge on any atom is -0.496 e. The van der Waals surface area contributed by atoms with Gasteiger partial charge in [0.05, 0.1) is 18.7 Å². The predicted molar refractivity (Wildman–Crippen MR) is 70.2 cm³/mol. The zero-order valence-corrected chi connectivity index (χ0v) is 11.6. The average Bonchev–Trinajstić information content (AvgIpc) is 2.29. The lowest BCUT2D eigenvalue weighted by atomic mass is 9.94. The maximum Gasteiger partial charge on any atom is 0.183 e. The lowest BCUT2D eigenvalue weighted by molar-refractivity contribution is 0.0964. The first-order chi connectivity index (χ1) is 7.82. The SMILES string of the molecule is COc1c(C)c(C)c(Cl)c(C)c1C(=O)C(C)N. The Morgan fingerprint density at radius 2 is 1.76 bits per heavy atom. The summed E-state index contributed by atoms with van der Waals surface area (Å²) in [7, 11) is 1.55. The van der Waals surface area contributed by atoms with Crippen LogP contribution >= 0.6 is 11.6 Å². The molecule has 1 atom stereocenters. The summed E-state index contributed by atoms with van der Waals surface area (Å²) >= 11 is 6.22. The number of ketones is 1. The standard InChI is InChI=1S/C13H18ClNO2/c1-6-7(2)13(17-5)10(8(3)11(6)14)12(16)9(4)15/h9H,15H2,1-5H3. The Hall–Kier alpha value is -1.06. The molecule has 17 heavy (non-hydrogen) atoms. The van der Waals surface area contributed by atoms with Crippen molar-refractivity contribution in [3.05, 3.63) is 27.3 Å². The van der Waals surface area contributed by atoms with Gasteiger partial charge < -0.3 is 10.5 Å². The van der Waals surface area contributed by atoms with Gasteiger partial charge in [-0.05, 0) is 44.4 Å². The number of hydrogen-bond donors (Lipinski definition) is 1. The van der Waals surface area contributed by atoms with Crippen LogP contribution < -0.4 is 10.5 Å². The van der Waals surface area contributed by atoms with Crippen LogP contribution in [0.25, 0.3) is 0 Å². The van der Waals surface area contributed by atoms with Crippen LogP contribution in [0.3, 0.4) is 0 Å². The van der Waals surface area contributed by atoms with Crippen molar-refractivity contribution in [1.82, 2.24) is 0 Å². The van der Waals surface area contributed by atoms with E-state index in [4.69, 9.17) is 22.1 Å². The van der Waals surface area contributed by atoms with E-state index in [0.717, 1.165) is 16.7 Å². The van der Waals surface area contributed by atoms with E-state index >= 15 is 0 Å². The molecule has 1 rings (SSSR count). The largest absolute Gasteiger partial charge is 0.496 e. The van der Waals surface area contributed by atoms with Gasteiger partial charge in [-0.2, -0.15) is 0 Å². The highest BCUT2D eigenvalue weighted by Crippen LogP contribution is 2.36. The van der Waals surface area contributed by atoms with Gasteiger partial charge in [0.1, 0.15) is 5.75 Å². The van der Waals surface area contributed by atoms with E-state index in [0.29, 0.717) is 16.3 Å². The quantitative estimate of drug-likeness (QED) is 0.845. The molecule has 0 heterocycles. The molecular weight excluding hydrogens is 238 g/mol. The van der Waals surface area contributed by atoms with Crippen LogP contribution in [0.15, 0.2) is 0 Å². The first-order valence-corrected chi connectivity index (χ1v) is 5.83. The number of nitrogens with two attached hydrogens (primary N) is 1. The van der Waals surface area contributed by atoms with Gasteiger partial charge in [0.25, 0.3) is 0 Å². The van der Waals surface area contributed by atoms with Gasteiger partial charge in [-0.25, -0.2) is 0 Å². The molecule has 0 bridgehead atoms. The molecule has 0 aliphatic carbocycles. The number of carbonyl (C=O) groups excluding carboxylic acids is 1. The minimum absolute atomic E-state index is 0.149. The second-order valence-electron chi connectivity index (χ2n) is 4.25. The van der Waals surface area contributed by atoms with Crippen LogP contribution in [0.5, 0.6) is 5.75 Å². The number of halogens is 1. The minimum atomic E-state index is -0.569. The van der Waals surface area contributed by atoms with Gasteiger partial charge in [-0.15, -0.1) is 0 Å². The summed E-state index contributed by atoms with van der Waals surface area (Å²) < 4.78 is 5.33. The fraction of sp³-hybridized carbons (Fsp3) is 0.462. The van der Waals surface area contributed by atoms with Gasteiger partial charge in [0.2, 0.25) is 0 Å². The molecule has 0 aromatic heterocycles. The lowest BCUT2D eigenvalue weighted by Crippen LogP contribution is -2.28. The van der Waals surface area contributed by atoms with Crippen LogP contribution in [-0.2, 0) is 0 Å². The van der Waals surface area contributed by atoms with Crippen LogP contribution in [0.4, 0.5) is 0 Å². The first kappa shape index (κ1) is 14.0. The third-order valence-corrected chi connectivity index (χ3v) is 3.59. The van der Waals surface area contributed by atoms with Crippen molar-refractivity contribution in [1.29, 1.82) is 0 Å². The molecular formula is C13H18ClNO2. The summed E-state index contributed by atoms with van der Waals surface area (Å²) in [5, 5.41) is 0.604. The summed E-state index contributed by atoms with van der Waals surface area (Å²) in [6.45, 7) is 7.27. The molecule has 0 amide bonds. The van der Waals surface area contributed by atoms with Crippen LogP contribution in [-0.4, -0.2) is 18.9 Å². The van der Waals surface area contributed by atoms with Crippen LogP contribution in [0.2, 0.25) is 5.02 Å². The molecule has 0 fully saturated rings. The molecule has 1 aromatic rings. The molecule has 0 spiro atoms. The number of hydrogen-bond acceptors (Lipinski definition) is 3. The Labute approximate surface area is 107 Å². The Morgan fingerprint density at radius 1 is 1.24 bits per heavy atom. The fourth-order valence-corrected chi connectivity index (χ4v) is 2.10. The number of benzene rings is 1. The van der Waals surface area contributed by atoms with Crippen molar-refractivity contribution in [2.24, 2.45) is 5.73 Å². The second-order valence-corrected chi connectivity index (χ2v) is 4.63. The molecule has 0 aliphatic rings. The normalized spacial score (nSPS) is 12.4. The molecule has 3 nitrogen and oxygen atoms in total. The third-order valence-electron chi connectivity index (χ3n) is 3.03. The van der Waals surface area contributed by atoms with Gasteiger partial charge in [0, 0.05) is 5.02 Å². The number of Topliss-reactive ketones (excluding diaryl/α,β-unsaturated/α-hetero) is 1. The first-order valence-electron chi connectivity index (χ1n) is 5.45. The molecule has 0 saturated heterocycles. The molecule has 2 N–H and O–H groups in total. The number of ether oxygens (including phenoxy) is 1. The van der Waals surface area contributed by atoms with E-state index in [1.807, 2.05) is 20.8 Å². The monoisotopic (exact) mass is 255 g/mol. The lowest BCUT2D eigenvalue weighted by Gasteiger charge is -2.18. The van der Waals surface area contributed by atoms with E-state index in [1.54, 1.807) is 14.0 Å². The van der Waals surface area contributed by atoms with E-state index in [9.17, 15) is 4.79 Å². The maximum atomic E-state index is 12.1. The maximum absolute atomic E-state index is 12.1. The van der Waals surface area contributed by atoms with Gasteiger partial charge >= 0.3 is 0 Å². The number of rotatable bonds is 3.